The van der Waals surface area contributed by atoms with Gasteiger partial charge in [-0.25, -0.2) is 9.97 Å². The highest BCUT2D eigenvalue weighted by molar-refractivity contribution is 6.31. The zero-order chi connectivity index (χ0) is 21.2. The molecule has 0 saturated heterocycles. The lowest BCUT2D eigenvalue weighted by molar-refractivity contribution is -0.144. The summed E-state index contributed by atoms with van der Waals surface area (Å²) >= 11 is 11.3. The van der Waals surface area contributed by atoms with Crippen molar-refractivity contribution in [3.05, 3.63) is 46.7 Å². The molecule has 9 heteroatoms. The van der Waals surface area contributed by atoms with Crippen LogP contribution in [0.15, 0.2) is 36.7 Å². The maximum Gasteiger partial charge on any atom is 0.306 e. The summed E-state index contributed by atoms with van der Waals surface area (Å²) < 4.78 is 0. The number of halogens is 2. The lowest BCUT2D eigenvalue weighted by atomic mass is 9.85. The van der Waals surface area contributed by atoms with E-state index >= 15 is 0 Å². The number of carbonyl (C=O) groups is 2. The predicted octanol–water partition coefficient (Wildman–Crippen LogP) is 4.66. The molecular weight excluding hydrogens is 415 g/mol. The highest BCUT2D eigenvalue weighted by Crippen LogP contribution is 2.27. The van der Waals surface area contributed by atoms with E-state index in [2.05, 4.69) is 15.3 Å². The second kappa shape index (κ2) is 11.6. The summed E-state index contributed by atoms with van der Waals surface area (Å²) in [6.45, 7) is 0. The molecule has 1 amide bonds. The number of nitrogens with two attached hydrogens (primary N) is 1. The molecule has 2 saturated carbocycles. The topological polar surface area (TPSA) is 118 Å². The maximum atomic E-state index is 11.5. The molecule has 2 aliphatic rings. The number of hydrogen-bond donors (Lipinski definition) is 3. The Labute approximate surface area is 179 Å². The number of rotatable bonds is 3. The Morgan fingerprint density at radius 1 is 0.966 bits per heavy atom. The molecule has 7 nitrogen and oxygen atoms in total. The number of nitrogen functional groups attached to an aromatic ring is 1. The van der Waals surface area contributed by atoms with Crippen molar-refractivity contribution >= 4 is 46.7 Å². The van der Waals surface area contributed by atoms with Crippen LogP contribution in [0, 0.1) is 11.8 Å². The van der Waals surface area contributed by atoms with Crippen molar-refractivity contribution in [3.63, 3.8) is 0 Å². The van der Waals surface area contributed by atoms with Gasteiger partial charge in [0.25, 0.3) is 0 Å². The van der Waals surface area contributed by atoms with Gasteiger partial charge in [0.15, 0.2) is 0 Å². The van der Waals surface area contributed by atoms with Crippen LogP contribution in [-0.2, 0) is 9.59 Å². The second-order valence-corrected chi connectivity index (χ2v) is 7.71. The Morgan fingerprint density at radius 3 is 1.86 bits per heavy atom. The van der Waals surface area contributed by atoms with E-state index in [1.54, 1.807) is 36.7 Å². The van der Waals surface area contributed by atoms with Crippen molar-refractivity contribution in [2.75, 3.05) is 11.1 Å². The van der Waals surface area contributed by atoms with E-state index in [-0.39, 0.29) is 17.7 Å². The van der Waals surface area contributed by atoms with Gasteiger partial charge < -0.3 is 16.2 Å². The van der Waals surface area contributed by atoms with Gasteiger partial charge in [0.2, 0.25) is 5.91 Å². The van der Waals surface area contributed by atoms with E-state index in [4.69, 9.17) is 34.0 Å². The van der Waals surface area contributed by atoms with Gasteiger partial charge in [0, 0.05) is 28.4 Å². The molecule has 4 rings (SSSR count). The minimum Gasteiger partial charge on any atom is -0.481 e. The van der Waals surface area contributed by atoms with Crippen molar-refractivity contribution < 1.29 is 14.7 Å². The summed E-state index contributed by atoms with van der Waals surface area (Å²) in [6.07, 6.45) is 9.19. The van der Waals surface area contributed by atoms with Gasteiger partial charge in [0.1, 0.15) is 11.6 Å². The van der Waals surface area contributed by atoms with Crippen LogP contribution in [0.2, 0.25) is 10.0 Å². The molecular formula is C20H24Cl2N4O3. The molecule has 2 fully saturated rings. The van der Waals surface area contributed by atoms with E-state index in [0.29, 0.717) is 21.7 Å². The van der Waals surface area contributed by atoms with Gasteiger partial charge in [0.05, 0.1) is 5.92 Å². The molecule has 2 aromatic heterocycles. The number of hydrogen-bond acceptors (Lipinski definition) is 5. The minimum atomic E-state index is -0.619. The SMILES string of the molecule is Nc1cc(Cl)ccn1.O=C(Nc1cc(Cl)ccn1)C1CCC1.O=C(O)C1CCC1. The number of anilines is 2. The number of aromatic nitrogens is 2. The van der Waals surface area contributed by atoms with Gasteiger partial charge in [-0.2, -0.15) is 0 Å². The fraction of sp³-hybridized carbons (Fsp3) is 0.400. The molecule has 2 aliphatic carbocycles. The van der Waals surface area contributed by atoms with Crippen LogP contribution in [0.25, 0.3) is 0 Å². The average molecular weight is 439 g/mol. The summed E-state index contributed by atoms with van der Waals surface area (Å²) in [5, 5.41) is 12.2. The fourth-order valence-corrected chi connectivity index (χ4v) is 2.78. The largest absolute Gasteiger partial charge is 0.481 e. The predicted molar refractivity (Wildman–Crippen MR) is 114 cm³/mol. The Morgan fingerprint density at radius 2 is 1.52 bits per heavy atom. The number of carboxylic acid groups (broad SMARTS) is 1. The number of amides is 1. The molecule has 2 aromatic rings. The third-order valence-electron chi connectivity index (χ3n) is 4.65. The van der Waals surface area contributed by atoms with Crippen LogP contribution >= 0.6 is 23.2 Å². The molecule has 0 atom stereocenters. The number of pyridine rings is 2. The van der Waals surface area contributed by atoms with E-state index in [1.165, 1.54) is 0 Å². The van der Waals surface area contributed by atoms with Crippen molar-refractivity contribution in [1.29, 1.82) is 0 Å². The first-order valence-electron chi connectivity index (χ1n) is 9.37. The Kier molecular flexibility index (Phi) is 9.15. The lowest BCUT2D eigenvalue weighted by Gasteiger charge is -2.23. The number of aliphatic carboxylic acids is 1. The van der Waals surface area contributed by atoms with Crippen LogP contribution in [0.1, 0.15) is 38.5 Å². The molecule has 0 radical (unpaired) electrons. The average Bonchev–Trinajstić information content (AvgIpc) is 2.51. The smallest absolute Gasteiger partial charge is 0.306 e. The Bertz CT molecular complexity index is 810. The van der Waals surface area contributed by atoms with Gasteiger partial charge >= 0.3 is 5.97 Å². The zero-order valence-electron chi connectivity index (χ0n) is 15.9. The van der Waals surface area contributed by atoms with Crippen molar-refractivity contribution in [2.24, 2.45) is 11.8 Å². The number of nitrogens with zero attached hydrogens (tertiary/aromatic N) is 2. The first-order valence-corrected chi connectivity index (χ1v) is 10.1. The molecule has 2 heterocycles. The van der Waals surface area contributed by atoms with Crippen molar-refractivity contribution in [1.82, 2.24) is 9.97 Å². The Hall–Kier alpha value is -2.38. The van der Waals surface area contributed by atoms with E-state index in [0.717, 1.165) is 38.5 Å². The normalized spacial score (nSPS) is 15.4. The van der Waals surface area contributed by atoms with Crippen molar-refractivity contribution in [2.45, 2.75) is 38.5 Å². The fourth-order valence-electron chi connectivity index (χ4n) is 2.45. The van der Waals surface area contributed by atoms with Crippen LogP contribution in [0.5, 0.6) is 0 Å². The van der Waals surface area contributed by atoms with Crippen molar-refractivity contribution in [3.8, 4) is 0 Å². The first-order chi connectivity index (χ1) is 13.8. The summed E-state index contributed by atoms with van der Waals surface area (Å²) in [5.41, 5.74) is 5.26. The molecule has 156 valence electrons. The summed E-state index contributed by atoms with van der Waals surface area (Å²) in [4.78, 5) is 29.2. The molecule has 29 heavy (non-hydrogen) atoms. The van der Waals surface area contributed by atoms with Crippen LogP contribution in [-0.4, -0.2) is 27.0 Å². The second-order valence-electron chi connectivity index (χ2n) is 6.84. The monoisotopic (exact) mass is 438 g/mol. The van der Waals surface area contributed by atoms with Gasteiger partial charge in [-0.05, 0) is 49.9 Å². The molecule has 0 aliphatic heterocycles. The van der Waals surface area contributed by atoms with Gasteiger partial charge in [-0.15, -0.1) is 0 Å². The Balaban J connectivity index is 0.000000170. The molecule has 0 unspecified atom stereocenters. The summed E-state index contributed by atoms with van der Waals surface area (Å²) in [6, 6.07) is 6.61. The van der Waals surface area contributed by atoms with Crippen LogP contribution < -0.4 is 11.1 Å². The highest BCUT2D eigenvalue weighted by atomic mass is 35.5. The molecule has 4 N–H and O–H groups in total. The van der Waals surface area contributed by atoms with E-state index < -0.39 is 5.97 Å². The standard InChI is InChI=1S/C10H11ClN2O.C5H5ClN2.C5H8O2/c11-8-4-5-12-9(6-8)13-10(14)7-2-1-3-7;6-4-1-2-8-5(7)3-4;6-5(7)4-2-1-3-4/h4-7H,1-3H2,(H,12,13,14);1-3H,(H2,7,8);4H,1-3H2,(H,6,7). The minimum absolute atomic E-state index is 0.000000000000000444. The molecule has 0 aromatic carbocycles. The third kappa shape index (κ3) is 8.25. The maximum absolute atomic E-state index is 11.5. The zero-order valence-corrected chi connectivity index (χ0v) is 17.4. The van der Waals surface area contributed by atoms with Gasteiger partial charge in [-0.3, -0.25) is 9.59 Å². The highest BCUT2D eigenvalue weighted by Gasteiger charge is 2.25. The number of nitrogens with one attached hydrogen (secondary N) is 1. The van der Waals surface area contributed by atoms with Crippen LogP contribution in [0.3, 0.4) is 0 Å². The number of carboxylic acids is 1. The molecule has 0 bridgehead atoms. The number of carbonyl (C=O) groups excluding carboxylic acids is 1. The van der Waals surface area contributed by atoms with Gasteiger partial charge in [-0.1, -0.05) is 36.0 Å². The van der Waals surface area contributed by atoms with E-state index in [1.807, 2.05) is 0 Å². The summed E-state index contributed by atoms with van der Waals surface area (Å²) in [7, 11) is 0. The molecule has 0 spiro atoms. The summed E-state index contributed by atoms with van der Waals surface area (Å²) in [5.74, 6) is 0.611. The lowest BCUT2D eigenvalue weighted by Crippen LogP contribution is -2.28. The van der Waals surface area contributed by atoms with Crippen LogP contribution in [0.4, 0.5) is 11.6 Å². The quantitative estimate of drug-likeness (QED) is 0.640. The first kappa shape index (κ1) is 22.9. The van der Waals surface area contributed by atoms with E-state index in [9.17, 15) is 9.59 Å². The third-order valence-corrected chi connectivity index (χ3v) is 5.12.